The minimum absolute atomic E-state index is 0.162. The van der Waals surface area contributed by atoms with Crippen LogP contribution in [-0.2, 0) is 11.4 Å². The van der Waals surface area contributed by atoms with Crippen molar-refractivity contribution in [1.82, 2.24) is 10.7 Å². The third-order valence-electron chi connectivity index (χ3n) is 4.23. The largest absolute Gasteiger partial charge is 0.489 e. The number of amides is 2. The molecule has 6 heteroatoms. The first-order chi connectivity index (χ1) is 14.6. The van der Waals surface area contributed by atoms with E-state index in [0.717, 1.165) is 16.7 Å². The van der Waals surface area contributed by atoms with E-state index in [9.17, 15) is 9.59 Å². The molecule has 3 rings (SSSR count). The molecule has 0 unspecified atom stereocenters. The fourth-order valence-corrected chi connectivity index (χ4v) is 2.61. The Kier molecular flexibility index (Phi) is 7.33. The summed E-state index contributed by atoms with van der Waals surface area (Å²) in [4.78, 5) is 23.9. The molecule has 0 atom stereocenters. The lowest BCUT2D eigenvalue weighted by atomic mass is 10.1. The van der Waals surface area contributed by atoms with Gasteiger partial charge >= 0.3 is 0 Å². The first-order valence-electron chi connectivity index (χ1n) is 9.54. The number of carbonyl (C=O) groups is 2. The van der Waals surface area contributed by atoms with Gasteiger partial charge in [-0.2, -0.15) is 5.10 Å². The molecule has 30 heavy (non-hydrogen) atoms. The summed E-state index contributed by atoms with van der Waals surface area (Å²) in [6, 6.07) is 24.4. The average molecular weight is 401 g/mol. The van der Waals surface area contributed by atoms with E-state index < -0.39 is 5.91 Å². The Morgan fingerprint density at radius 3 is 2.50 bits per heavy atom. The van der Waals surface area contributed by atoms with Gasteiger partial charge in [0.25, 0.3) is 11.8 Å². The smallest absolute Gasteiger partial charge is 0.259 e. The maximum Gasteiger partial charge on any atom is 0.259 e. The molecule has 6 nitrogen and oxygen atoms in total. The maximum atomic E-state index is 12.0. The molecule has 0 heterocycles. The van der Waals surface area contributed by atoms with E-state index in [1.54, 1.807) is 12.1 Å². The molecule has 0 bridgehead atoms. The molecule has 0 spiro atoms. The molecular weight excluding hydrogens is 378 g/mol. The molecule has 0 fully saturated rings. The summed E-state index contributed by atoms with van der Waals surface area (Å²) in [7, 11) is 0. The number of carbonyl (C=O) groups excluding carboxylic acids is 2. The highest BCUT2D eigenvalue weighted by Gasteiger charge is 2.07. The van der Waals surface area contributed by atoms with Crippen molar-refractivity contribution in [2.75, 3.05) is 6.54 Å². The lowest BCUT2D eigenvalue weighted by Crippen LogP contribution is -2.34. The molecule has 2 amide bonds. The van der Waals surface area contributed by atoms with Crippen molar-refractivity contribution in [3.8, 4) is 5.75 Å². The Labute approximate surface area is 175 Å². The summed E-state index contributed by atoms with van der Waals surface area (Å²) >= 11 is 0. The van der Waals surface area contributed by atoms with Crippen LogP contribution in [0.5, 0.6) is 5.75 Å². The average Bonchev–Trinajstić information content (AvgIpc) is 2.77. The van der Waals surface area contributed by atoms with E-state index >= 15 is 0 Å². The number of ether oxygens (including phenoxy) is 1. The zero-order valence-corrected chi connectivity index (χ0v) is 16.7. The quantitative estimate of drug-likeness (QED) is 0.448. The van der Waals surface area contributed by atoms with Gasteiger partial charge in [0, 0.05) is 5.56 Å². The number of nitrogens with one attached hydrogen (secondary N) is 2. The first-order valence-corrected chi connectivity index (χ1v) is 9.54. The minimum atomic E-state index is -0.414. The first kappa shape index (κ1) is 20.8. The highest BCUT2D eigenvalue weighted by atomic mass is 16.5. The van der Waals surface area contributed by atoms with Gasteiger partial charge < -0.3 is 10.1 Å². The topological polar surface area (TPSA) is 79.8 Å². The van der Waals surface area contributed by atoms with E-state index in [2.05, 4.69) is 15.8 Å². The standard InChI is InChI=1S/C24H23N3O3/c1-18-10-12-21(13-11-18)24(29)25-16-23(28)27-26-15-20-8-5-9-22(14-20)30-17-19-6-3-2-4-7-19/h2-15H,16-17H2,1H3,(H,25,29)(H,27,28)/b26-15-. The third-order valence-corrected chi connectivity index (χ3v) is 4.23. The summed E-state index contributed by atoms with van der Waals surface area (Å²) in [6.07, 6.45) is 1.52. The van der Waals surface area contributed by atoms with Gasteiger partial charge in [0.15, 0.2) is 0 Å². The summed E-state index contributed by atoms with van der Waals surface area (Å²) in [5, 5.41) is 6.50. The van der Waals surface area contributed by atoms with Gasteiger partial charge in [-0.15, -0.1) is 0 Å². The molecule has 3 aromatic carbocycles. The second kappa shape index (κ2) is 10.6. The second-order valence-corrected chi connectivity index (χ2v) is 6.69. The van der Waals surface area contributed by atoms with Crippen molar-refractivity contribution in [1.29, 1.82) is 0 Å². The summed E-state index contributed by atoms with van der Waals surface area (Å²) in [5.41, 5.74) is 5.83. The Balaban J connectivity index is 1.44. The SMILES string of the molecule is Cc1ccc(C(=O)NCC(=O)N/N=C\c2cccc(OCc3ccccc3)c2)cc1. The van der Waals surface area contributed by atoms with E-state index in [1.807, 2.05) is 73.7 Å². The van der Waals surface area contributed by atoms with E-state index in [-0.39, 0.29) is 12.5 Å². The van der Waals surface area contributed by atoms with Crippen LogP contribution >= 0.6 is 0 Å². The van der Waals surface area contributed by atoms with Gasteiger partial charge in [0.2, 0.25) is 0 Å². The van der Waals surface area contributed by atoms with E-state index in [4.69, 9.17) is 4.74 Å². The number of aryl methyl sites for hydroxylation is 1. The summed E-state index contributed by atoms with van der Waals surface area (Å²) in [6.45, 7) is 2.25. The van der Waals surface area contributed by atoms with Crippen molar-refractivity contribution in [2.45, 2.75) is 13.5 Å². The number of nitrogens with zero attached hydrogens (tertiary/aromatic N) is 1. The van der Waals surface area contributed by atoms with Crippen molar-refractivity contribution in [3.05, 3.63) is 101 Å². The van der Waals surface area contributed by atoms with Crippen LogP contribution in [0.2, 0.25) is 0 Å². The molecule has 3 aromatic rings. The van der Waals surface area contributed by atoms with Gasteiger partial charge in [-0.1, -0.05) is 60.2 Å². The normalized spacial score (nSPS) is 10.6. The van der Waals surface area contributed by atoms with Crippen LogP contribution in [0.4, 0.5) is 0 Å². The molecule has 0 aliphatic carbocycles. The molecule has 0 aliphatic heterocycles. The fraction of sp³-hybridized carbons (Fsp3) is 0.125. The highest BCUT2D eigenvalue weighted by molar-refractivity contribution is 5.96. The Hall–Kier alpha value is -3.93. The zero-order chi connectivity index (χ0) is 21.2. The fourth-order valence-electron chi connectivity index (χ4n) is 2.61. The molecule has 0 saturated heterocycles. The van der Waals surface area contributed by atoms with Crippen LogP contribution in [0.15, 0.2) is 84.0 Å². The van der Waals surface area contributed by atoms with Crippen LogP contribution in [-0.4, -0.2) is 24.6 Å². The molecule has 0 aliphatic rings. The molecule has 0 aromatic heterocycles. The van der Waals surface area contributed by atoms with Crippen LogP contribution in [0.25, 0.3) is 0 Å². The second-order valence-electron chi connectivity index (χ2n) is 6.69. The Bertz CT molecular complexity index is 1020. The Morgan fingerprint density at radius 2 is 1.73 bits per heavy atom. The summed E-state index contributed by atoms with van der Waals surface area (Å²) in [5.74, 6) is -0.0138. The molecule has 0 saturated carbocycles. The van der Waals surface area contributed by atoms with Crippen molar-refractivity contribution in [3.63, 3.8) is 0 Å². The van der Waals surface area contributed by atoms with Crippen molar-refractivity contribution in [2.24, 2.45) is 5.10 Å². The van der Waals surface area contributed by atoms with Crippen LogP contribution in [0.1, 0.15) is 27.0 Å². The maximum absolute atomic E-state index is 12.0. The van der Waals surface area contributed by atoms with Crippen molar-refractivity contribution >= 4 is 18.0 Å². The van der Waals surface area contributed by atoms with Gasteiger partial charge in [-0.3, -0.25) is 9.59 Å². The molecule has 152 valence electrons. The number of benzene rings is 3. The van der Waals surface area contributed by atoms with Crippen LogP contribution in [0, 0.1) is 6.92 Å². The minimum Gasteiger partial charge on any atom is -0.489 e. The number of hydrazone groups is 1. The Morgan fingerprint density at radius 1 is 0.967 bits per heavy atom. The summed E-state index contributed by atoms with van der Waals surface area (Å²) < 4.78 is 5.78. The molecular formula is C24H23N3O3. The highest BCUT2D eigenvalue weighted by Crippen LogP contribution is 2.14. The van der Waals surface area contributed by atoms with Crippen molar-refractivity contribution < 1.29 is 14.3 Å². The monoisotopic (exact) mass is 401 g/mol. The van der Waals surface area contributed by atoms with E-state index in [0.29, 0.717) is 17.9 Å². The number of rotatable bonds is 8. The molecule has 2 N–H and O–H groups in total. The lowest BCUT2D eigenvalue weighted by Gasteiger charge is -2.07. The molecule has 0 radical (unpaired) electrons. The predicted molar refractivity (Wildman–Crippen MR) is 116 cm³/mol. The van der Waals surface area contributed by atoms with Crippen LogP contribution < -0.4 is 15.5 Å². The predicted octanol–water partition coefficient (Wildman–Crippen LogP) is 3.45. The number of hydrogen-bond acceptors (Lipinski definition) is 4. The third kappa shape index (κ3) is 6.60. The van der Waals surface area contributed by atoms with Gasteiger partial charge in [0.1, 0.15) is 12.4 Å². The zero-order valence-electron chi connectivity index (χ0n) is 16.7. The van der Waals surface area contributed by atoms with Gasteiger partial charge in [-0.25, -0.2) is 5.43 Å². The lowest BCUT2D eigenvalue weighted by molar-refractivity contribution is -0.120. The van der Waals surface area contributed by atoms with Gasteiger partial charge in [0.05, 0.1) is 12.8 Å². The van der Waals surface area contributed by atoms with Crippen LogP contribution in [0.3, 0.4) is 0 Å². The number of hydrogen-bond donors (Lipinski definition) is 2. The van der Waals surface area contributed by atoms with E-state index in [1.165, 1.54) is 6.21 Å². The van der Waals surface area contributed by atoms with Gasteiger partial charge in [-0.05, 0) is 42.3 Å².